The van der Waals surface area contributed by atoms with Crippen LogP contribution in [0.4, 0.5) is 0 Å². The summed E-state index contributed by atoms with van der Waals surface area (Å²) in [4.78, 5) is 4.32. The van der Waals surface area contributed by atoms with Gasteiger partial charge in [0.1, 0.15) is 5.52 Å². The lowest BCUT2D eigenvalue weighted by Gasteiger charge is -2.09. The Bertz CT molecular complexity index is 480. The number of ether oxygens (including phenoxy) is 1. The number of benzene rings is 1. The van der Waals surface area contributed by atoms with Crippen molar-refractivity contribution < 1.29 is 9.15 Å². The molecule has 0 aliphatic carbocycles. The molecule has 0 saturated carbocycles. The first kappa shape index (κ1) is 11.4. The van der Waals surface area contributed by atoms with Crippen molar-refractivity contribution in [1.82, 2.24) is 4.98 Å². The van der Waals surface area contributed by atoms with Crippen LogP contribution in [-0.2, 0) is 11.2 Å². The lowest BCUT2D eigenvalue weighted by Crippen LogP contribution is -2.24. The SMILES string of the molecule is COC(CN)Cc1nc2cc(Cl)ccc2o1. The predicted molar refractivity (Wildman–Crippen MR) is 62.6 cm³/mol. The first-order chi connectivity index (χ1) is 7.72. The molecule has 0 amide bonds. The zero-order valence-corrected chi connectivity index (χ0v) is 9.70. The van der Waals surface area contributed by atoms with E-state index in [2.05, 4.69) is 4.98 Å². The fraction of sp³-hybridized carbons (Fsp3) is 0.364. The van der Waals surface area contributed by atoms with Crippen molar-refractivity contribution in [3.05, 3.63) is 29.1 Å². The number of hydrogen-bond acceptors (Lipinski definition) is 4. The molecule has 1 aromatic carbocycles. The van der Waals surface area contributed by atoms with Crippen LogP contribution in [0, 0.1) is 0 Å². The van der Waals surface area contributed by atoms with Gasteiger partial charge in [-0.1, -0.05) is 11.6 Å². The number of oxazole rings is 1. The summed E-state index contributed by atoms with van der Waals surface area (Å²) in [5.41, 5.74) is 7.02. The monoisotopic (exact) mass is 240 g/mol. The fourth-order valence-corrected chi connectivity index (χ4v) is 1.66. The zero-order chi connectivity index (χ0) is 11.5. The van der Waals surface area contributed by atoms with Gasteiger partial charge in [-0.05, 0) is 18.2 Å². The van der Waals surface area contributed by atoms with Crippen molar-refractivity contribution in [2.75, 3.05) is 13.7 Å². The van der Waals surface area contributed by atoms with E-state index in [1.807, 2.05) is 0 Å². The van der Waals surface area contributed by atoms with Gasteiger partial charge < -0.3 is 14.9 Å². The second-order valence-corrected chi connectivity index (χ2v) is 3.95. The summed E-state index contributed by atoms with van der Waals surface area (Å²) >= 11 is 5.86. The molecule has 86 valence electrons. The minimum atomic E-state index is -0.0662. The second-order valence-electron chi connectivity index (χ2n) is 3.52. The molecule has 0 saturated heterocycles. The van der Waals surface area contributed by atoms with Crippen molar-refractivity contribution in [1.29, 1.82) is 0 Å². The summed E-state index contributed by atoms with van der Waals surface area (Å²) in [6, 6.07) is 5.35. The zero-order valence-electron chi connectivity index (χ0n) is 8.94. The maximum absolute atomic E-state index is 5.86. The Hall–Kier alpha value is -1.10. The van der Waals surface area contributed by atoms with E-state index in [-0.39, 0.29) is 6.10 Å². The molecular formula is C11H13ClN2O2. The van der Waals surface area contributed by atoms with E-state index in [1.165, 1.54) is 0 Å². The minimum absolute atomic E-state index is 0.0662. The van der Waals surface area contributed by atoms with E-state index in [0.717, 1.165) is 11.1 Å². The molecule has 0 bridgehead atoms. The third kappa shape index (κ3) is 2.35. The van der Waals surface area contributed by atoms with E-state index in [1.54, 1.807) is 25.3 Å². The number of methoxy groups -OCH3 is 1. The third-order valence-corrected chi connectivity index (χ3v) is 2.63. The molecule has 16 heavy (non-hydrogen) atoms. The molecule has 0 fully saturated rings. The first-order valence-electron chi connectivity index (χ1n) is 5.00. The highest BCUT2D eigenvalue weighted by Crippen LogP contribution is 2.20. The summed E-state index contributed by atoms with van der Waals surface area (Å²) in [5, 5.41) is 0.648. The van der Waals surface area contributed by atoms with Gasteiger partial charge in [-0.25, -0.2) is 4.98 Å². The number of nitrogens with two attached hydrogens (primary N) is 1. The third-order valence-electron chi connectivity index (χ3n) is 2.39. The maximum Gasteiger partial charge on any atom is 0.198 e. The number of rotatable bonds is 4. The minimum Gasteiger partial charge on any atom is -0.441 e. The molecule has 4 nitrogen and oxygen atoms in total. The number of aromatic nitrogens is 1. The lowest BCUT2D eigenvalue weighted by atomic mass is 10.2. The van der Waals surface area contributed by atoms with E-state index >= 15 is 0 Å². The molecule has 0 spiro atoms. The number of halogens is 1. The summed E-state index contributed by atoms with van der Waals surface area (Å²) in [6.45, 7) is 0.440. The molecule has 1 atom stereocenters. The van der Waals surface area contributed by atoms with Crippen molar-refractivity contribution in [3.63, 3.8) is 0 Å². The molecule has 2 N–H and O–H groups in total. The molecule has 1 aromatic heterocycles. The van der Waals surface area contributed by atoms with E-state index in [9.17, 15) is 0 Å². The van der Waals surface area contributed by atoms with Crippen molar-refractivity contribution in [3.8, 4) is 0 Å². The average Bonchev–Trinajstić information content (AvgIpc) is 2.67. The van der Waals surface area contributed by atoms with Gasteiger partial charge in [-0.15, -0.1) is 0 Å². The number of nitrogens with zero attached hydrogens (tertiary/aromatic N) is 1. The maximum atomic E-state index is 5.86. The van der Waals surface area contributed by atoms with Crippen molar-refractivity contribution >= 4 is 22.7 Å². The molecule has 0 aliphatic heterocycles. The topological polar surface area (TPSA) is 61.3 Å². The van der Waals surface area contributed by atoms with Crippen molar-refractivity contribution in [2.24, 2.45) is 5.73 Å². The second kappa shape index (κ2) is 4.82. The Balaban J connectivity index is 2.25. The van der Waals surface area contributed by atoms with Gasteiger partial charge in [0, 0.05) is 18.7 Å². The quantitative estimate of drug-likeness (QED) is 0.888. The predicted octanol–water partition coefficient (Wildman–Crippen LogP) is 2.00. The Morgan fingerprint density at radius 3 is 3.06 bits per heavy atom. The van der Waals surface area contributed by atoms with Crippen LogP contribution in [0.3, 0.4) is 0 Å². The van der Waals surface area contributed by atoms with Crippen LogP contribution in [0.25, 0.3) is 11.1 Å². The standard InChI is InChI=1S/C11H13ClN2O2/c1-15-8(6-13)5-11-14-9-4-7(12)2-3-10(9)16-11/h2-4,8H,5-6,13H2,1H3. The van der Waals surface area contributed by atoms with Gasteiger partial charge in [0.2, 0.25) is 0 Å². The van der Waals surface area contributed by atoms with Crippen LogP contribution in [0.2, 0.25) is 5.02 Å². The van der Waals surface area contributed by atoms with Crippen LogP contribution in [0.15, 0.2) is 22.6 Å². The van der Waals surface area contributed by atoms with E-state index < -0.39 is 0 Å². The number of fused-ring (bicyclic) bond motifs is 1. The van der Waals surface area contributed by atoms with Gasteiger partial charge in [-0.3, -0.25) is 0 Å². The summed E-state index contributed by atoms with van der Waals surface area (Å²) < 4.78 is 10.7. The summed E-state index contributed by atoms with van der Waals surface area (Å²) in [7, 11) is 1.62. The molecule has 2 rings (SSSR count). The first-order valence-corrected chi connectivity index (χ1v) is 5.38. The van der Waals surface area contributed by atoms with Gasteiger partial charge in [0.05, 0.1) is 12.5 Å². The Morgan fingerprint density at radius 2 is 2.38 bits per heavy atom. The molecule has 2 aromatic rings. The largest absolute Gasteiger partial charge is 0.441 e. The van der Waals surface area contributed by atoms with Gasteiger partial charge in [0.25, 0.3) is 0 Å². The molecular weight excluding hydrogens is 228 g/mol. The normalized spacial score (nSPS) is 13.2. The molecule has 0 radical (unpaired) electrons. The molecule has 5 heteroatoms. The smallest absolute Gasteiger partial charge is 0.198 e. The Labute approximate surface area is 98.3 Å². The Morgan fingerprint density at radius 1 is 1.56 bits per heavy atom. The van der Waals surface area contributed by atoms with Crippen molar-refractivity contribution in [2.45, 2.75) is 12.5 Å². The number of hydrogen-bond donors (Lipinski definition) is 1. The molecule has 1 unspecified atom stereocenters. The highest BCUT2D eigenvalue weighted by atomic mass is 35.5. The van der Waals surface area contributed by atoms with Crippen LogP contribution in [0.1, 0.15) is 5.89 Å². The van der Waals surface area contributed by atoms with Gasteiger partial charge in [0.15, 0.2) is 11.5 Å². The summed E-state index contributed by atoms with van der Waals surface area (Å²) in [5.74, 6) is 0.620. The Kier molecular flexibility index (Phi) is 3.43. The van der Waals surface area contributed by atoms with Crippen LogP contribution in [0.5, 0.6) is 0 Å². The summed E-state index contributed by atoms with van der Waals surface area (Å²) in [6.07, 6.45) is 0.503. The fourth-order valence-electron chi connectivity index (χ4n) is 1.49. The average molecular weight is 241 g/mol. The van der Waals surface area contributed by atoms with Gasteiger partial charge >= 0.3 is 0 Å². The van der Waals surface area contributed by atoms with Crippen LogP contribution in [-0.4, -0.2) is 24.7 Å². The lowest BCUT2D eigenvalue weighted by molar-refractivity contribution is 0.104. The molecule has 0 aliphatic rings. The van der Waals surface area contributed by atoms with Crippen LogP contribution >= 0.6 is 11.6 Å². The highest BCUT2D eigenvalue weighted by molar-refractivity contribution is 6.31. The van der Waals surface area contributed by atoms with E-state index in [4.69, 9.17) is 26.5 Å². The highest BCUT2D eigenvalue weighted by Gasteiger charge is 2.12. The van der Waals surface area contributed by atoms with Gasteiger partial charge in [-0.2, -0.15) is 0 Å². The molecule has 1 heterocycles. The van der Waals surface area contributed by atoms with Crippen LogP contribution < -0.4 is 5.73 Å². The van der Waals surface area contributed by atoms with E-state index in [0.29, 0.717) is 23.9 Å².